The molecule has 0 radical (unpaired) electrons. The average Bonchev–Trinajstić information content (AvgIpc) is 3.36. The van der Waals surface area contributed by atoms with Gasteiger partial charge in [-0.05, 0) is 44.1 Å². The number of aromatic nitrogens is 3. The molecule has 1 atom stereocenters. The van der Waals surface area contributed by atoms with Crippen LogP contribution in [0.4, 0.5) is 10.1 Å². The number of likely N-dealkylation sites (tertiary alicyclic amines) is 1. The van der Waals surface area contributed by atoms with E-state index in [1.165, 1.54) is 17.0 Å². The summed E-state index contributed by atoms with van der Waals surface area (Å²) in [7, 11) is 0. The van der Waals surface area contributed by atoms with Crippen LogP contribution in [0.2, 0.25) is 0 Å². The molecule has 1 aromatic heterocycles. The van der Waals surface area contributed by atoms with Gasteiger partial charge in [0.1, 0.15) is 5.82 Å². The predicted molar refractivity (Wildman–Crippen MR) is 128 cm³/mol. The second kappa shape index (κ2) is 12.4. The highest BCUT2D eigenvalue weighted by Crippen LogP contribution is 2.21. The van der Waals surface area contributed by atoms with E-state index >= 15 is 0 Å². The zero-order chi connectivity index (χ0) is 25.4. The van der Waals surface area contributed by atoms with Crippen LogP contribution in [0.1, 0.15) is 48.8 Å². The minimum atomic E-state index is -0.872. The third-order valence-corrected chi connectivity index (χ3v) is 6.10. The molecule has 0 spiro atoms. The minimum Gasteiger partial charge on any atom is -0.351 e. The fourth-order valence-electron chi connectivity index (χ4n) is 4.01. The first-order valence-corrected chi connectivity index (χ1v) is 11.9. The van der Waals surface area contributed by atoms with Crippen molar-refractivity contribution in [3.05, 3.63) is 41.5 Å². The number of rotatable bonds is 9. The van der Waals surface area contributed by atoms with E-state index in [-0.39, 0.29) is 23.8 Å². The number of likely N-dealkylation sites (N-methyl/N-ethyl adjacent to an activating group) is 1. The summed E-state index contributed by atoms with van der Waals surface area (Å²) < 4.78 is 16.2. The van der Waals surface area contributed by atoms with Gasteiger partial charge in [-0.3, -0.25) is 14.4 Å². The van der Waals surface area contributed by atoms with Crippen LogP contribution in [0.5, 0.6) is 0 Å². The zero-order valence-corrected chi connectivity index (χ0v) is 20.2. The summed E-state index contributed by atoms with van der Waals surface area (Å²) in [6, 6.07) is 3.62. The van der Waals surface area contributed by atoms with E-state index in [0.717, 1.165) is 25.6 Å². The topological polar surface area (TPSA) is 138 Å². The van der Waals surface area contributed by atoms with E-state index in [9.17, 15) is 18.8 Å². The Morgan fingerprint density at radius 1 is 1.26 bits per heavy atom. The highest BCUT2D eigenvalue weighted by atomic mass is 19.1. The second-order valence-electron chi connectivity index (χ2n) is 8.37. The highest BCUT2D eigenvalue weighted by molar-refractivity contribution is 6.39. The van der Waals surface area contributed by atoms with Crippen LogP contribution in [-0.4, -0.2) is 81.8 Å². The number of nitrogens with two attached hydrogens (primary N) is 1. The van der Waals surface area contributed by atoms with Crippen molar-refractivity contribution in [1.29, 1.82) is 0 Å². The van der Waals surface area contributed by atoms with Gasteiger partial charge in [0.15, 0.2) is 0 Å². The molecule has 0 bridgehead atoms. The number of anilines is 1. The van der Waals surface area contributed by atoms with Gasteiger partial charge in [0.25, 0.3) is 5.91 Å². The molecule has 1 aromatic carbocycles. The molecule has 11 nitrogen and oxygen atoms in total. The van der Waals surface area contributed by atoms with Gasteiger partial charge in [-0.25, -0.2) is 9.07 Å². The fourth-order valence-corrected chi connectivity index (χ4v) is 4.01. The quantitative estimate of drug-likeness (QED) is 0.443. The molecule has 12 heteroatoms. The van der Waals surface area contributed by atoms with Gasteiger partial charge in [-0.15, -0.1) is 5.10 Å². The van der Waals surface area contributed by atoms with Gasteiger partial charge in [0.05, 0.1) is 23.5 Å². The number of carbonyl (C=O) groups is 3. The number of halogens is 1. The van der Waals surface area contributed by atoms with Crippen molar-refractivity contribution in [2.45, 2.75) is 39.3 Å². The standard InChI is InChI=1S/C23H33FN8O3/c1-3-30(4-2)11-9-26-21(33)19-8-7-16(12-20(19)24)27-22(34)23(35)31-10-5-6-18(15-31)32-14-17(13-25)28-29-32/h7-8,12,14,18H,3-6,9-11,13,15,25H2,1-2H3,(H,26,33)(H,27,34). The van der Waals surface area contributed by atoms with Crippen LogP contribution in [0.15, 0.2) is 24.4 Å². The van der Waals surface area contributed by atoms with Crippen molar-refractivity contribution in [1.82, 2.24) is 30.1 Å². The first-order chi connectivity index (χ1) is 16.9. The SMILES string of the molecule is CCN(CC)CCNC(=O)c1ccc(NC(=O)C(=O)N2CCCC(n3cc(CN)nn3)C2)cc1F. The third-order valence-electron chi connectivity index (χ3n) is 6.10. The van der Waals surface area contributed by atoms with E-state index in [1.54, 1.807) is 10.9 Å². The normalized spacial score (nSPS) is 15.8. The number of nitrogens with zero attached hydrogens (tertiary/aromatic N) is 5. The maximum absolute atomic E-state index is 14.6. The van der Waals surface area contributed by atoms with Crippen molar-refractivity contribution in [2.24, 2.45) is 5.73 Å². The van der Waals surface area contributed by atoms with Crippen molar-refractivity contribution in [2.75, 3.05) is 44.6 Å². The van der Waals surface area contributed by atoms with Gasteiger partial charge in [0, 0.05) is 38.4 Å². The first kappa shape index (κ1) is 26.2. The summed E-state index contributed by atoms with van der Waals surface area (Å²) in [4.78, 5) is 41.1. The molecule has 1 fully saturated rings. The van der Waals surface area contributed by atoms with E-state index in [2.05, 4.69) is 25.8 Å². The first-order valence-electron chi connectivity index (χ1n) is 11.9. The molecule has 3 amide bonds. The van der Waals surface area contributed by atoms with Gasteiger partial charge < -0.3 is 26.2 Å². The Balaban J connectivity index is 1.55. The zero-order valence-electron chi connectivity index (χ0n) is 20.2. The van der Waals surface area contributed by atoms with Crippen molar-refractivity contribution >= 4 is 23.4 Å². The van der Waals surface area contributed by atoms with Crippen LogP contribution in [0, 0.1) is 5.82 Å². The van der Waals surface area contributed by atoms with Crippen LogP contribution >= 0.6 is 0 Å². The second-order valence-corrected chi connectivity index (χ2v) is 8.37. The summed E-state index contributed by atoms with van der Waals surface area (Å²) in [5.41, 5.74) is 6.19. The van der Waals surface area contributed by atoms with Gasteiger partial charge in [-0.2, -0.15) is 0 Å². The van der Waals surface area contributed by atoms with Crippen LogP contribution in [0.25, 0.3) is 0 Å². The van der Waals surface area contributed by atoms with E-state index in [1.807, 2.05) is 13.8 Å². The van der Waals surface area contributed by atoms with Crippen LogP contribution in [-0.2, 0) is 16.1 Å². The van der Waals surface area contributed by atoms with E-state index < -0.39 is 23.5 Å². The number of hydrogen-bond acceptors (Lipinski definition) is 7. The van der Waals surface area contributed by atoms with E-state index in [4.69, 9.17) is 5.73 Å². The molecular weight excluding hydrogens is 455 g/mol. The summed E-state index contributed by atoms with van der Waals surface area (Å²) >= 11 is 0. The Kier molecular flexibility index (Phi) is 9.26. The summed E-state index contributed by atoms with van der Waals surface area (Å²) in [5.74, 6) is -2.90. The van der Waals surface area contributed by atoms with Crippen molar-refractivity contribution in [3.63, 3.8) is 0 Å². The predicted octanol–water partition coefficient (Wildman–Crippen LogP) is 0.750. The number of amides is 3. The molecule has 35 heavy (non-hydrogen) atoms. The Morgan fingerprint density at radius 2 is 2.03 bits per heavy atom. The Hall–Kier alpha value is -3.38. The number of benzene rings is 1. The molecule has 1 aliphatic heterocycles. The highest BCUT2D eigenvalue weighted by Gasteiger charge is 2.29. The summed E-state index contributed by atoms with van der Waals surface area (Å²) in [5, 5.41) is 13.1. The number of nitrogens with one attached hydrogen (secondary N) is 2. The molecule has 2 heterocycles. The summed E-state index contributed by atoms with van der Waals surface area (Å²) in [6.07, 6.45) is 3.24. The largest absolute Gasteiger partial charge is 0.351 e. The lowest BCUT2D eigenvalue weighted by atomic mass is 10.1. The molecule has 1 saturated heterocycles. The van der Waals surface area contributed by atoms with Gasteiger partial charge in [-0.1, -0.05) is 19.1 Å². The van der Waals surface area contributed by atoms with Crippen molar-refractivity contribution in [3.8, 4) is 0 Å². The Labute approximate surface area is 203 Å². The molecule has 1 unspecified atom stereocenters. The molecule has 0 aliphatic carbocycles. The maximum atomic E-state index is 14.6. The number of piperidine rings is 1. The number of hydrogen-bond donors (Lipinski definition) is 3. The Morgan fingerprint density at radius 3 is 2.69 bits per heavy atom. The van der Waals surface area contributed by atoms with Crippen molar-refractivity contribution < 1.29 is 18.8 Å². The third kappa shape index (κ3) is 6.83. The number of carbonyl (C=O) groups excluding carboxylic acids is 3. The monoisotopic (exact) mass is 488 g/mol. The van der Waals surface area contributed by atoms with Gasteiger partial charge in [0.2, 0.25) is 0 Å². The fraction of sp³-hybridized carbons (Fsp3) is 0.522. The van der Waals surface area contributed by atoms with Crippen LogP contribution < -0.4 is 16.4 Å². The lowest BCUT2D eigenvalue weighted by Gasteiger charge is -2.32. The lowest BCUT2D eigenvalue weighted by Crippen LogP contribution is -2.45. The molecular formula is C23H33FN8O3. The maximum Gasteiger partial charge on any atom is 0.313 e. The molecule has 4 N–H and O–H groups in total. The average molecular weight is 489 g/mol. The smallest absolute Gasteiger partial charge is 0.313 e. The van der Waals surface area contributed by atoms with E-state index in [0.29, 0.717) is 38.3 Å². The minimum absolute atomic E-state index is 0.0953. The molecule has 3 rings (SSSR count). The lowest BCUT2D eigenvalue weighted by molar-refractivity contribution is -0.144. The molecule has 2 aromatic rings. The molecule has 0 saturated carbocycles. The van der Waals surface area contributed by atoms with Gasteiger partial charge >= 0.3 is 11.8 Å². The molecule has 1 aliphatic rings. The molecule has 190 valence electrons. The summed E-state index contributed by atoms with van der Waals surface area (Å²) in [6.45, 7) is 7.85. The van der Waals surface area contributed by atoms with Crippen LogP contribution in [0.3, 0.4) is 0 Å². The Bertz CT molecular complexity index is 1040.